The van der Waals surface area contributed by atoms with Crippen LogP contribution in [0.15, 0.2) is 36.7 Å². The van der Waals surface area contributed by atoms with E-state index in [1.54, 1.807) is 18.3 Å². The molecule has 6 nitrogen and oxygen atoms in total. The van der Waals surface area contributed by atoms with Crippen molar-refractivity contribution < 1.29 is 13.9 Å². The summed E-state index contributed by atoms with van der Waals surface area (Å²) in [6.07, 6.45) is 4.79. The van der Waals surface area contributed by atoms with Gasteiger partial charge in [0.25, 0.3) is 0 Å². The number of hydrogen-bond acceptors (Lipinski definition) is 3. The molecule has 0 aliphatic carbocycles. The molecule has 116 valence electrons. The Balaban J connectivity index is 1.73. The number of urea groups is 1. The van der Waals surface area contributed by atoms with Crippen LogP contribution in [0.25, 0.3) is 0 Å². The van der Waals surface area contributed by atoms with Gasteiger partial charge in [-0.1, -0.05) is 12.1 Å². The highest BCUT2D eigenvalue weighted by Crippen LogP contribution is 2.27. The Hall–Kier alpha value is -2.41. The van der Waals surface area contributed by atoms with E-state index in [0.717, 1.165) is 18.4 Å². The average Bonchev–Trinajstić information content (AvgIpc) is 3.19. The number of benzene rings is 1. The van der Waals surface area contributed by atoms with Crippen LogP contribution >= 0.6 is 0 Å². The van der Waals surface area contributed by atoms with Crippen molar-refractivity contribution in [3.8, 4) is 0 Å². The van der Waals surface area contributed by atoms with Crippen molar-refractivity contribution in [2.75, 3.05) is 11.9 Å². The number of aromatic amines is 1. The summed E-state index contributed by atoms with van der Waals surface area (Å²) in [5.74, 6) is -0.308. The maximum Gasteiger partial charge on any atom is 0.319 e. The number of ether oxygens (including phenoxy) is 1. The second kappa shape index (κ2) is 6.57. The number of carbonyl (C=O) groups excluding carboxylic acids is 1. The molecule has 1 saturated heterocycles. The second-order valence-corrected chi connectivity index (χ2v) is 5.17. The highest BCUT2D eigenvalue weighted by atomic mass is 19.1. The Labute approximate surface area is 127 Å². The van der Waals surface area contributed by atoms with Gasteiger partial charge in [-0.3, -0.25) is 5.10 Å². The summed E-state index contributed by atoms with van der Waals surface area (Å²) in [7, 11) is 0. The van der Waals surface area contributed by atoms with Crippen LogP contribution in [0.4, 0.5) is 14.9 Å². The fraction of sp³-hybridized carbons (Fsp3) is 0.333. The van der Waals surface area contributed by atoms with E-state index in [1.807, 2.05) is 0 Å². The molecule has 0 unspecified atom stereocenters. The number of nitrogens with zero attached hydrogens (tertiary/aromatic N) is 1. The van der Waals surface area contributed by atoms with Gasteiger partial charge in [-0.2, -0.15) is 5.10 Å². The minimum Gasteiger partial charge on any atom is -0.376 e. The lowest BCUT2D eigenvalue weighted by molar-refractivity contribution is 0.0815. The first-order chi connectivity index (χ1) is 10.7. The molecule has 2 heterocycles. The Bertz CT molecular complexity index is 609. The van der Waals surface area contributed by atoms with E-state index >= 15 is 0 Å². The molecule has 3 rings (SSSR count). The molecular formula is C15H17FN4O2. The second-order valence-electron chi connectivity index (χ2n) is 5.17. The Morgan fingerprint density at radius 3 is 2.86 bits per heavy atom. The summed E-state index contributed by atoms with van der Waals surface area (Å²) < 4.78 is 18.8. The maximum atomic E-state index is 13.1. The number of aromatic nitrogens is 2. The van der Waals surface area contributed by atoms with Gasteiger partial charge in [0, 0.05) is 12.8 Å². The predicted molar refractivity (Wildman–Crippen MR) is 78.9 cm³/mol. The van der Waals surface area contributed by atoms with Crippen LogP contribution in [0.2, 0.25) is 0 Å². The lowest BCUT2D eigenvalue weighted by Gasteiger charge is -2.24. The molecule has 1 aliphatic rings. The molecule has 2 amide bonds. The van der Waals surface area contributed by atoms with Gasteiger partial charge in [-0.15, -0.1) is 0 Å². The third-order valence-corrected chi connectivity index (χ3v) is 3.61. The van der Waals surface area contributed by atoms with E-state index < -0.39 is 0 Å². The van der Waals surface area contributed by atoms with Crippen LogP contribution in [0, 0.1) is 5.82 Å². The summed E-state index contributed by atoms with van der Waals surface area (Å²) in [4.78, 5) is 12.1. The van der Waals surface area contributed by atoms with Crippen molar-refractivity contribution in [1.82, 2.24) is 15.5 Å². The largest absolute Gasteiger partial charge is 0.376 e. The number of hydrogen-bond donors (Lipinski definition) is 3. The van der Waals surface area contributed by atoms with E-state index in [0.29, 0.717) is 12.3 Å². The first-order valence-corrected chi connectivity index (χ1v) is 7.16. The fourth-order valence-corrected chi connectivity index (χ4v) is 2.55. The minimum atomic E-state index is -0.355. The Kier molecular flexibility index (Phi) is 4.34. The number of nitrogens with one attached hydrogen (secondary N) is 3. The van der Waals surface area contributed by atoms with E-state index in [-0.39, 0.29) is 24.0 Å². The van der Waals surface area contributed by atoms with E-state index in [1.165, 1.54) is 18.3 Å². The van der Waals surface area contributed by atoms with Gasteiger partial charge in [0.05, 0.1) is 24.0 Å². The third-order valence-electron chi connectivity index (χ3n) is 3.61. The van der Waals surface area contributed by atoms with E-state index in [2.05, 4.69) is 20.8 Å². The summed E-state index contributed by atoms with van der Waals surface area (Å²) >= 11 is 0. The van der Waals surface area contributed by atoms with Crippen LogP contribution in [0.5, 0.6) is 0 Å². The molecule has 22 heavy (non-hydrogen) atoms. The summed E-state index contributed by atoms with van der Waals surface area (Å²) in [6.45, 7) is 0.674. The standard InChI is InChI=1S/C15H17FN4O2/c16-11-5-3-10(4-6-11)14(13-2-1-7-22-13)20-15(21)19-12-8-17-18-9-12/h3-6,8-9,13-14H,1-2,7H2,(H,17,18)(H2,19,20,21)/t13-,14-/m1/s1. The molecule has 2 atom stereocenters. The first-order valence-electron chi connectivity index (χ1n) is 7.16. The van der Waals surface area contributed by atoms with Crippen molar-refractivity contribution >= 4 is 11.7 Å². The molecule has 1 aliphatic heterocycles. The summed E-state index contributed by atoms with van der Waals surface area (Å²) in [6, 6.07) is 5.42. The van der Waals surface area contributed by atoms with Gasteiger partial charge in [0.1, 0.15) is 5.82 Å². The van der Waals surface area contributed by atoms with Crippen molar-refractivity contribution in [3.05, 3.63) is 48.0 Å². The van der Waals surface area contributed by atoms with Gasteiger partial charge in [-0.25, -0.2) is 9.18 Å². The monoisotopic (exact) mass is 304 g/mol. The lowest BCUT2D eigenvalue weighted by atomic mass is 9.99. The minimum absolute atomic E-state index is 0.111. The van der Waals surface area contributed by atoms with E-state index in [9.17, 15) is 9.18 Å². The SMILES string of the molecule is O=C(Nc1cn[nH]c1)N[C@H](c1ccc(F)cc1)[C@H]1CCCO1. The maximum absolute atomic E-state index is 13.1. The molecule has 1 aromatic heterocycles. The number of halogens is 1. The molecule has 2 aromatic rings. The number of rotatable bonds is 4. The molecule has 0 saturated carbocycles. The topological polar surface area (TPSA) is 79.0 Å². The van der Waals surface area contributed by atoms with E-state index in [4.69, 9.17) is 4.74 Å². The van der Waals surface area contributed by atoms with Crippen LogP contribution in [-0.2, 0) is 4.74 Å². The predicted octanol–water partition coefficient (Wildman–Crippen LogP) is 2.59. The summed E-state index contributed by atoms with van der Waals surface area (Å²) in [5.41, 5.74) is 1.39. The first kappa shape index (κ1) is 14.5. The zero-order chi connectivity index (χ0) is 15.4. The van der Waals surface area contributed by atoms with Crippen molar-refractivity contribution in [3.63, 3.8) is 0 Å². The summed E-state index contributed by atoms with van der Waals surface area (Å²) in [5, 5.41) is 12.0. The highest BCUT2D eigenvalue weighted by Gasteiger charge is 2.28. The van der Waals surface area contributed by atoms with Gasteiger partial charge in [0.15, 0.2) is 0 Å². The Morgan fingerprint density at radius 1 is 1.41 bits per heavy atom. The molecule has 0 bridgehead atoms. The van der Waals surface area contributed by atoms with Crippen LogP contribution < -0.4 is 10.6 Å². The highest BCUT2D eigenvalue weighted by molar-refractivity contribution is 5.89. The normalized spacial score (nSPS) is 18.9. The van der Waals surface area contributed by atoms with Crippen LogP contribution in [-0.4, -0.2) is 28.9 Å². The lowest BCUT2D eigenvalue weighted by Crippen LogP contribution is -2.38. The van der Waals surface area contributed by atoms with Crippen molar-refractivity contribution in [1.29, 1.82) is 0 Å². The number of H-pyrrole nitrogens is 1. The molecule has 0 spiro atoms. The van der Waals surface area contributed by atoms with Gasteiger partial charge < -0.3 is 15.4 Å². The van der Waals surface area contributed by atoms with Gasteiger partial charge >= 0.3 is 6.03 Å². The molecular weight excluding hydrogens is 287 g/mol. The van der Waals surface area contributed by atoms with Crippen molar-refractivity contribution in [2.24, 2.45) is 0 Å². The molecule has 7 heteroatoms. The number of anilines is 1. The fourth-order valence-electron chi connectivity index (χ4n) is 2.55. The average molecular weight is 304 g/mol. The zero-order valence-corrected chi connectivity index (χ0v) is 11.9. The number of carbonyl (C=O) groups is 1. The number of amides is 2. The smallest absolute Gasteiger partial charge is 0.319 e. The van der Waals surface area contributed by atoms with Crippen LogP contribution in [0.1, 0.15) is 24.4 Å². The van der Waals surface area contributed by atoms with Crippen LogP contribution in [0.3, 0.4) is 0 Å². The Morgan fingerprint density at radius 2 is 2.23 bits per heavy atom. The van der Waals surface area contributed by atoms with Crippen molar-refractivity contribution in [2.45, 2.75) is 25.0 Å². The van der Waals surface area contributed by atoms with Gasteiger partial charge in [0.2, 0.25) is 0 Å². The quantitative estimate of drug-likeness (QED) is 0.812. The molecule has 1 aromatic carbocycles. The van der Waals surface area contributed by atoms with Gasteiger partial charge in [-0.05, 0) is 30.5 Å². The molecule has 0 radical (unpaired) electrons. The third kappa shape index (κ3) is 3.43. The molecule has 3 N–H and O–H groups in total. The molecule has 1 fully saturated rings. The zero-order valence-electron chi connectivity index (χ0n) is 11.9.